The molecule has 26 heavy (non-hydrogen) atoms. The van der Waals surface area contributed by atoms with E-state index in [1.165, 1.54) is 13.3 Å². The highest BCUT2D eigenvalue weighted by Crippen LogP contribution is 2.27. The zero-order valence-corrected chi connectivity index (χ0v) is 14.6. The summed E-state index contributed by atoms with van der Waals surface area (Å²) in [5, 5.41) is 0. The zero-order valence-electron chi connectivity index (χ0n) is 14.6. The second-order valence-electron chi connectivity index (χ2n) is 5.68. The number of hydrogen-bond donors (Lipinski definition) is 0. The van der Waals surface area contributed by atoms with Gasteiger partial charge in [0.2, 0.25) is 5.88 Å². The maximum atomic E-state index is 11.4. The van der Waals surface area contributed by atoms with Crippen molar-refractivity contribution >= 4 is 5.97 Å². The Kier molecular flexibility index (Phi) is 5.49. The number of methoxy groups -OCH3 is 1. The third kappa shape index (κ3) is 4.39. The van der Waals surface area contributed by atoms with Crippen molar-refractivity contribution in [3.63, 3.8) is 0 Å². The van der Waals surface area contributed by atoms with Crippen molar-refractivity contribution in [2.45, 2.75) is 13.5 Å². The van der Waals surface area contributed by atoms with Crippen molar-refractivity contribution in [2.75, 3.05) is 7.11 Å². The molecule has 0 unspecified atom stereocenters. The van der Waals surface area contributed by atoms with E-state index in [-0.39, 0.29) is 0 Å². The SMILES string of the molecule is COC(=O)c1ccc(Oc2ccc(OCc3ccccc3)cc2C)nc1. The third-order valence-corrected chi connectivity index (χ3v) is 3.77. The van der Waals surface area contributed by atoms with Crippen LogP contribution >= 0.6 is 0 Å². The number of aromatic nitrogens is 1. The second-order valence-corrected chi connectivity index (χ2v) is 5.68. The molecule has 132 valence electrons. The molecule has 0 amide bonds. The maximum Gasteiger partial charge on any atom is 0.339 e. The second kappa shape index (κ2) is 8.16. The van der Waals surface area contributed by atoms with E-state index in [2.05, 4.69) is 9.72 Å². The summed E-state index contributed by atoms with van der Waals surface area (Å²) in [4.78, 5) is 15.5. The van der Waals surface area contributed by atoms with Crippen molar-refractivity contribution < 1.29 is 19.0 Å². The predicted molar refractivity (Wildman–Crippen MR) is 97.6 cm³/mol. The Balaban J connectivity index is 1.65. The molecule has 0 N–H and O–H groups in total. The van der Waals surface area contributed by atoms with Crippen LogP contribution in [0, 0.1) is 6.92 Å². The van der Waals surface area contributed by atoms with Gasteiger partial charge >= 0.3 is 5.97 Å². The van der Waals surface area contributed by atoms with Gasteiger partial charge in [-0.15, -0.1) is 0 Å². The fraction of sp³-hybridized carbons (Fsp3) is 0.143. The predicted octanol–water partition coefficient (Wildman–Crippen LogP) is 4.55. The first-order valence-corrected chi connectivity index (χ1v) is 8.15. The van der Waals surface area contributed by atoms with Crippen LogP contribution in [0.15, 0.2) is 66.9 Å². The van der Waals surface area contributed by atoms with Crippen LogP contribution in [0.25, 0.3) is 0 Å². The van der Waals surface area contributed by atoms with Crippen LogP contribution in [0.4, 0.5) is 0 Å². The van der Waals surface area contributed by atoms with E-state index < -0.39 is 5.97 Å². The summed E-state index contributed by atoms with van der Waals surface area (Å²) in [6.07, 6.45) is 1.42. The van der Waals surface area contributed by atoms with Crippen molar-refractivity contribution in [2.24, 2.45) is 0 Å². The summed E-state index contributed by atoms with van der Waals surface area (Å²) in [7, 11) is 1.33. The molecular formula is C21H19NO4. The normalized spacial score (nSPS) is 10.2. The zero-order chi connectivity index (χ0) is 18.4. The lowest BCUT2D eigenvalue weighted by Gasteiger charge is -2.11. The summed E-state index contributed by atoms with van der Waals surface area (Å²) in [5.41, 5.74) is 2.41. The molecule has 3 rings (SSSR count). The number of benzene rings is 2. The number of carbonyl (C=O) groups is 1. The molecule has 3 aromatic rings. The Morgan fingerprint density at radius 1 is 1.04 bits per heavy atom. The number of carbonyl (C=O) groups excluding carboxylic acids is 1. The lowest BCUT2D eigenvalue weighted by atomic mass is 10.2. The summed E-state index contributed by atoms with van der Waals surface area (Å²) >= 11 is 0. The largest absolute Gasteiger partial charge is 0.489 e. The highest BCUT2D eigenvalue weighted by molar-refractivity contribution is 5.88. The van der Waals surface area contributed by atoms with Crippen molar-refractivity contribution in [3.05, 3.63) is 83.6 Å². The average Bonchev–Trinajstić information content (AvgIpc) is 2.69. The standard InChI is InChI=1S/C21H19NO4/c1-15-12-18(25-14-16-6-4-3-5-7-16)9-10-19(15)26-20-11-8-17(13-22-20)21(23)24-2/h3-13H,14H2,1-2H3. The Labute approximate surface area is 152 Å². The first-order chi connectivity index (χ1) is 12.7. The van der Waals surface area contributed by atoms with Gasteiger partial charge < -0.3 is 14.2 Å². The quantitative estimate of drug-likeness (QED) is 0.611. The van der Waals surface area contributed by atoms with Crippen LogP contribution in [0.3, 0.4) is 0 Å². The fourth-order valence-corrected chi connectivity index (χ4v) is 2.36. The Hall–Kier alpha value is -3.34. The summed E-state index contributed by atoms with van der Waals surface area (Å²) in [6, 6.07) is 18.8. The molecule has 0 saturated heterocycles. The van der Waals surface area contributed by atoms with Crippen LogP contribution in [-0.4, -0.2) is 18.1 Å². The van der Waals surface area contributed by atoms with E-state index in [1.54, 1.807) is 12.1 Å². The van der Waals surface area contributed by atoms with Crippen LogP contribution < -0.4 is 9.47 Å². The molecular weight excluding hydrogens is 330 g/mol. The number of pyridine rings is 1. The summed E-state index contributed by atoms with van der Waals surface area (Å²) in [5.74, 6) is 1.42. The monoisotopic (exact) mass is 349 g/mol. The minimum absolute atomic E-state index is 0.376. The van der Waals surface area contributed by atoms with Gasteiger partial charge in [-0.25, -0.2) is 9.78 Å². The van der Waals surface area contributed by atoms with E-state index in [4.69, 9.17) is 9.47 Å². The lowest BCUT2D eigenvalue weighted by molar-refractivity contribution is 0.0600. The molecule has 0 fully saturated rings. The van der Waals surface area contributed by atoms with E-state index in [9.17, 15) is 4.79 Å². The van der Waals surface area contributed by atoms with Gasteiger partial charge in [0.15, 0.2) is 0 Å². The average molecular weight is 349 g/mol. The topological polar surface area (TPSA) is 57.7 Å². The molecule has 0 saturated carbocycles. The van der Waals surface area contributed by atoms with Gasteiger partial charge in [0, 0.05) is 12.3 Å². The molecule has 5 nitrogen and oxygen atoms in total. The van der Waals surface area contributed by atoms with Crippen LogP contribution in [0.5, 0.6) is 17.4 Å². The van der Waals surface area contributed by atoms with Crippen LogP contribution in [0.1, 0.15) is 21.5 Å². The molecule has 2 aromatic carbocycles. The summed E-state index contributed by atoms with van der Waals surface area (Å²) < 4.78 is 16.2. The molecule has 0 spiro atoms. The summed E-state index contributed by atoms with van der Waals surface area (Å²) in [6.45, 7) is 2.45. The van der Waals surface area contributed by atoms with E-state index >= 15 is 0 Å². The molecule has 0 radical (unpaired) electrons. The fourth-order valence-electron chi connectivity index (χ4n) is 2.36. The van der Waals surface area contributed by atoms with Gasteiger partial charge in [0.05, 0.1) is 12.7 Å². The van der Waals surface area contributed by atoms with Gasteiger partial charge in [-0.2, -0.15) is 0 Å². The number of ether oxygens (including phenoxy) is 3. The van der Waals surface area contributed by atoms with Crippen molar-refractivity contribution in [1.29, 1.82) is 0 Å². The molecule has 0 atom stereocenters. The number of nitrogens with zero attached hydrogens (tertiary/aromatic N) is 1. The smallest absolute Gasteiger partial charge is 0.339 e. The Bertz CT molecular complexity index is 876. The van der Waals surface area contributed by atoms with E-state index in [0.717, 1.165) is 16.9 Å². The molecule has 0 aliphatic heterocycles. The highest BCUT2D eigenvalue weighted by atomic mass is 16.5. The number of rotatable bonds is 6. The molecule has 5 heteroatoms. The molecule has 0 aliphatic carbocycles. The Morgan fingerprint density at radius 2 is 1.85 bits per heavy atom. The molecule has 1 heterocycles. The van der Waals surface area contributed by atoms with Crippen molar-refractivity contribution in [3.8, 4) is 17.4 Å². The van der Waals surface area contributed by atoms with Crippen LogP contribution in [-0.2, 0) is 11.3 Å². The molecule has 0 bridgehead atoms. The van der Waals surface area contributed by atoms with E-state index in [1.807, 2.05) is 55.5 Å². The maximum absolute atomic E-state index is 11.4. The van der Waals surface area contributed by atoms with Gasteiger partial charge in [-0.1, -0.05) is 30.3 Å². The van der Waals surface area contributed by atoms with Gasteiger partial charge in [-0.05, 0) is 42.3 Å². The molecule has 0 aliphatic rings. The minimum Gasteiger partial charge on any atom is -0.489 e. The van der Waals surface area contributed by atoms with Gasteiger partial charge in [-0.3, -0.25) is 0 Å². The first kappa shape index (κ1) is 17.5. The van der Waals surface area contributed by atoms with E-state index in [0.29, 0.717) is 23.8 Å². The van der Waals surface area contributed by atoms with Crippen molar-refractivity contribution in [1.82, 2.24) is 4.98 Å². The minimum atomic E-state index is -0.430. The van der Waals surface area contributed by atoms with Gasteiger partial charge in [0.1, 0.15) is 18.1 Å². The number of hydrogen-bond acceptors (Lipinski definition) is 5. The Morgan fingerprint density at radius 3 is 2.50 bits per heavy atom. The highest BCUT2D eigenvalue weighted by Gasteiger charge is 2.08. The first-order valence-electron chi connectivity index (χ1n) is 8.15. The lowest BCUT2D eigenvalue weighted by Crippen LogP contribution is -2.01. The number of aryl methyl sites for hydroxylation is 1. The third-order valence-electron chi connectivity index (χ3n) is 3.77. The molecule has 1 aromatic heterocycles. The van der Waals surface area contributed by atoms with Crippen LogP contribution in [0.2, 0.25) is 0 Å². The number of esters is 1. The van der Waals surface area contributed by atoms with Gasteiger partial charge in [0.25, 0.3) is 0 Å².